The molecule has 0 bridgehead atoms. The Bertz CT molecular complexity index is 1860. The van der Waals surface area contributed by atoms with E-state index in [1.807, 2.05) is 6.07 Å². The van der Waals surface area contributed by atoms with Crippen molar-refractivity contribution >= 4 is 44.1 Å². The van der Waals surface area contributed by atoms with Crippen molar-refractivity contribution in [1.29, 1.82) is 0 Å². The highest BCUT2D eigenvalue weighted by Crippen LogP contribution is 2.40. The van der Waals surface area contributed by atoms with Crippen molar-refractivity contribution in [3.05, 3.63) is 133 Å². The smallest absolute Gasteiger partial charge is 0.143 e. The van der Waals surface area contributed by atoms with Gasteiger partial charge in [-0.2, -0.15) is 0 Å². The van der Waals surface area contributed by atoms with Gasteiger partial charge in [-0.3, -0.25) is 0 Å². The van der Waals surface area contributed by atoms with Crippen LogP contribution in [-0.4, -0.2) is 0 Å². The molecule has 0 saturated carbocycles. The lowest BCUT2D eigenvalue weighted by atomic mass is 10.00. The maximum absolute atomic E-state index is 6.62. The predicted octanol–water partition coefficient (Wildman–Crippen LogP) is 9.82. The van der Waals surface area contributed by atoms with E-state index in [9.17, 15) is 0 Å². The number of para-hydroxylation sites is 2. The first kappa shape index (κ1) is 20.5. The summed E-state index contributed by atoms with van der Waals surface area (Å²) >= 11 is 0. The summed E-state index contributed by atoms with van der Waals surface area (Å²) in [7, 11) is 0. The van der Waals surface area contributed by atoms with E-state index in [2.05, 4.69) is 133 Å². The number of rotatable bonds is 4. The standard InChI is InChI=1S/C34H23NO/c1-2-10-24(11-3-1)28-17-8-19-30-31-20-9-18-29(34(31)36-33(28)30)25-14-6-15-26(22-25)35-32-21-7-13-23-12-4-5-16-27(23)32/h1-22,35H. The Morgan fingerprint density at radius 3 is 1.83 bits per heavy atom. The van der Waals surface area contributed by atoms with Crippen LogP contribution < -0.4 is 5.32 Å². The third-order valence-corrected chi connectivity index (χ3v) is 6.85. The minimum Gasteiger partial charge on any atom is -0.455 e. The van der Waals surface area contributed by atoms with Gasteiger partial charge in [0.25, 0.3) is 0 Å². The third kappa shape index (κ3) is 3.43. The van der Waals surface area contributed by atoms with Gasteiger partial charge in [-0.1, -0.05) is 115 Å². The number of hydrogen-bond acceptors (Lipinski definition) is 2. The van der Waals surface area contributed by atoms with Gasteiger partial charge in [0, 0.05) is 38.7 Å². The topological polar surface area (TPSA) is 25.2 Å². The second kappa shape index (κ2) is 8.44. The van der Waals surface area contributed by atoms with Crippen molar-refractivity contribution in [2.24, 2.45) is 0 Å². The van der Waals surface area contributed by atoms with E-state index >= 15 is 0 Å². The number of nitrogens with one attached hydrogen (secondary N) is 1. The van der Waals surface area contributed by atoms with Gasteiger partial charge in [0.1, 0.15) is 11.2 Å². The van der Waals surface area contributed by atoms with Crippen LogP contribution in [-0.2, 0) is 0 Å². The van der Waals surface area contributed by atoms with Gasteiger partial charge in [0.2, 0.25) is 0 Å². The van der Waals surface area contributed by atoms with Gasteiger partial charge in [-0.15, -0.1) is 0 Å². The lowest BCUT2D eigenvalue weighted by Gasteiger charge is -2.11. The molecule has 0 unspecified atom stereocenters. The zero-order valence-electron chi connectivity index (χ0n) is 19.6. The number of hydrogen-bond donors (Lipinski definition) is 1. The summed E-state index contributed by atoms with van der Waals surface area (Å²) in [4.78, 5) is 0. The predicted molar refractivity (Wildman–Crippen MR) is 152 cm³/mol. The first-order valence-corrected chi connectivity index (χ1v) is 12.2. The van der Waals surface area contributed by atoms with Crippen LogP contribution in [0.15, 0.2) is 138 Å². The van der Waals surface area contributed by atoms with E-state index in [1.165, 1.54) is 10.8 Å². The van der Waals surface area contributed by atoms with E-state index < -0.39 is 0 Å². The molecule has 0 spiro atoms. The molecule has 6 aromatic carbocycles. The normalized spacial score (nSPS) is 11.3. The quantitative estimate of drug-likeness (QED) is 0.282. The molecule has 0 aliphatic heterocycles. The highest BCUT2D eigenvalue weighted by atomic mass is 16.3. The molecule has 1 N–H and O–H groups in total. The Morgan fingerprint density at radius 1 is 0.444 bits per heavy atom. The summed E-state index contributed by atoms with van der Waals surface area (Å²) in [5.74, 6) is 0. The van der Waals surface area contributed by atoms with Crippen LogP contribution in [0.4, 0.5) is 11.4 Å². The summed E-state index contributed by atoms with van der Waals surface area (Å²) in [6.45, 7) is 0. The van der Waals surface area contributed by atoms with Crippen LogP contribution in [0.1, 0.15) is 0 Å². The lowest BCUT2D eigenvalue weighted by Crippen LogP contribution is -1.92. The van der Waals surface area contributed by atoms with Gasteiger partial charge >= 0.3 is 0 Å². The number of benzene rings is 6. The van der Waals surface area contributed by atoms with Crippen LogP contribution in [0.2, 0.25) is 0 Å². The second-order valence-corrected chi connectivity index (χ2v) is 9.07. The van der Waals surface area contributed by atoms with Gasteiger partial charge in [0.15, 0.2) is 0 Å². The Kier molecular flexibility index (Phi) is 4.82. The fraction of sp³-hybridized carbons (Fsp3) is 0. The van der Waals surface area contributed by atoms with Crippen LogP contribution in [0.3, 0.4) is 0 Å². The third-order valence-electron chi connectivity index (χ3n) is 6.85. The summed E-state index contributed by atoms with van der Waals surface area (Å²) in [5, 5.41) is 8.33. The molecule has 0 aliphatic rings. The van der Waals surface area contributed by atoms with Crippen molar-refractivity contribution in [2.45, 2.75) is 0 Å². The molecule has 2 heteroatoms. The molecule has 0 amide bonds. The maximum atomic E-state index is 6.62. The molecule has 0 atom stereocenters. The molecule has 2 nitrogen and oxygen atoms in total. The van der Waals surface area contributed by atoms with Crippen molar-refractivity contribution < 1.29 is 4.42 Å². The van der Waals surface area contributed by atoms with Gasteiger partial charge < -0.3 is 9.73 Å². The summed E-state index contributed by atoms with van der Waals surface area (Å²) < 4.78 is 6.62. The molecule has 170 valence electrons. The summed E-state index contributed by atoms with van der Waals surface area (Å²) in [6.07, 6.45) is 0. The Hall–Kier alpha value is -4.82. The first-order chi connectivity index (χ1) is 17.8. The molecule has 0 aliphatic carbocycles. The van der Waals surface area contributed by atoms with Crippen LogP contribution >= 0.6 is 0 Å². The first-order valence-electron chi connectivity index (χ1n) is 12.2. The van der Waals surface area contributed by atoms with E-state index in [1.54, 1.807) is 0 Å². The van der Waals surface area contributed by atoms with Crippen LogP contribution in [0.5, 0.6) is 0 Å². The van der Waals surface area contributed by atoms with Gasteiger partial charge in [-0.05, 0) is 34.7 Å². The van der Waals surface area contributed by atoms with Crippen molar-refractivity contribution in [1.82, 2.24) is 0 Å². The van der Waals surface area contributed by atoms with Crippen molar-refractivity contribution in [2.75, 3.05) is 5.32 Å². The average Bonchev–Trinajstić information content (AvgIpc) is 3.33. The minimum absolute atomic E-state index is 0.915. The highest BCUT2D eigenvalue weighted by Gasteiger charge is 2.15. The molecule has 7 aromatic rings. The molecule has 0 fully saturated rings. The van der Waals surface area contributed by atoms with E-state index in [-0.39, 0.29) is 0 Å². The molecular formula is C34H23NO. The van der Waals surface area contributed by atoms with Crippen LogP contribution in [0, 0.1) is 0 Å². The average molecular weight is 462 g/mol. The van der Waals surface area contributed by atoms with Gasteiger partial charge in [-0.25, -0.2) is 0 Å². The zero-order valence-corrected chi connectivity index (χ0v) is 19.6. The Balaban J connectivity index is 1.35. The maximum Gasteiger partial charge on any atom is 0.143 e. The molecule has 0 saturated heterocycles. The summed E-state index contributed by atoms with van der Waals surface area (Å²) in [6, 6.07) is 46.6. The minimum atomic E-state index is 0.915. The largest absolute Gasteiger partial charge is 0.455 e. The van der Waals surface area contributed by atoms with E-state index in [0.717, 1.165) is 55.6 Å². The van der Waals surface area contributed by atoms with Gasteiger partial charge in [0.05, 0.1) is 0 Å². The molecule has 1 heterocycles. The molecular weight excluding hydrogens is 438 g/mol. The second-order valence-electron chi connectivity index (χ2n) is 9.07. The number of fused-ring (bicyclic) bond motifs is 4. The van der Waals surface area contributed by atoms with Crippen LogP contribution in [0.25, 0.3) is 55.0 Å². The monoisotopic (exact) mass is 461 g/mol. The van der Waals surface area contributed by atoms with Crippen molar-refractivity contribution in [3.63, 3.8) is 0 Å². The van der Waals surface area contributed by atoms with E-state index in [0.29, 0.717) is 0 Å². The molecule has 36 heavy (non-hydrogen) atoms. The fourth-order valence-corrected chi connectivity index (χ4v) is 5.15. The molecule has 0 radical (unpaired) electrons. The summed E-state index contributed by atoms with van der Waals surface area (Å²) in [5.41, 5.74) is 8.46. The molecule has 7 rings (SSSR count). The number of anilines is 2. The van der Waals surface area contributed by atoms with Crippen molar-refractivity contribution in [3.8, 4) is 22.3 Å². The van der Waals surface area contributed by atoms with E-state index in [4.69, 9.17) is 4.42 Å². The Labute approximate surface area is 209 Å². The SMILES string of the molecule is c1ccc(-c2cccc3c2oc2c(-c4cccc(Nc5cccc6ccccc56)c4)cccc23)cc1. The Morgan fingerprint density at radius 2 is 1.03 bits per heavy atom. The highest BCUT2D eigenvalue weighted by molar-refractivity contribution is 6.13. The lowest BCUT2D eigenvalue weighted by molar-refractivity contribution is 0.671. The fourth-order valence-electron chi connectivity index (χ4n) is 5.15. The zero-order chi connectivity index (χ0) is 23.9. The molecule has 1 aromatic heterocycles. The number of furan rings is 1.